The number of guanidine groups is 2. The van der Waals surface area contributed by atoms with Crippen molar-refractivity contribution in [2.75, 3.05) is 6.61 Å². The fourth-order valence-corrected chi connectivity index (χ4v) is 2.12. The highest BCUT2D eigenvalue weighted by Crippen LogP contribution is 2.20. The fourth-order valence-electron chi connectivity index (χ4n) is 2.12. The van der Waals surface area contributed by atoms with Crippen LogP contribution in [0.4, 0.5) is 0 Å². The van der Waals surface area contributed by atoms with E-state index in [2.05, 4.69) is 9.98 Å². The minimum Gasteiger partial charge on any atom is -0.491 e. The van der Waals surface area contributed by atoms with Gasteiger partial charge in [0.2, 0.25) is 11.9 Å². The molecule has 0 saturated carbocycles. The largest absolute Gasteiger partial charge is 0.491 e. The third kappa shape index (κ3) is 4.11. The molecule has 1 atom stereocenters. The van der Waals surface area contributed by atoms with Gasteiger partial charge in [-0.2, -0.15) is 10.1 Å². The van der Waals surface area contributed by atoms with E-state index in [-0.39, 0.29) is 18.0 Å². The van der Waals surface area contributed by atoms with Gasteiger partial charge in [-0.1, -0.05) is 18.2 Å². The van der Waals surface area contributed by atoms with E-state index >= 15 is 0 Å². The number of hydroxylamine groups is 2. The highest BCUT2D eigenvalue weighted by atomic mass is 16.7. The van der Waals surface area contributed by atoms with Crippen molar-refractivity contribution in [2.24, 2.45) is 21.5 Å². The standard InChI is InChI=1S/C15H23N5O2/c1-11(22-12-7-5-4-6-8-12)9-10-21-20-14(17)18-13(16)19-15(20,2)3/h4-8,11H,9-10H2,1-3H3,(H4,16,17,18,19). The Labute approximate surface area is 130 Å². The van der Waals surface area contributed by atoms with Crippen molar-refractivity contribution >= 4 is 11.9 Å². The van der Waals surface area contributed by atoms with Crippen molar-refractivity contribution in [1.29, 1.82) is 0 Å². The van der Waals surface area contributed by atoms with Crippen LogP contribution in [-0.4, -0.2) is 35.4 Å². The van der Waals surface area contributed by atoms with E-state index in [4.69, 9.17) is 21.0 Å². The van der Waals surface area contributed by atoms with Gasteiger partial charge in [-0.05, 0) is 32.9 Å². The molecule has 0 radical (unpaired) electrons. The molecular weight excluding hydrogens is 282 g/mol. The van der Waals surface area contributed by atoms with Crippen LogP contribution >= 0.6 is 0 Å². The maximum atomic E-state index is 5.84. The van der Waals surface area contributed by atoms with Crippen molar-refractivity contribution in [3.63, 3.8) is 0 Å². The fraction of sp³-hybridized carbons (Fsp3) is 0.467. The molecule has 0 aliphatic carbocycles. The molecule has 0 aromatic heterocycles. The van der Waals surface area contributed by atoms with Crippen molar-refractivity contribution in [1.82, 2.24) is 5.06 Å². The molecule has 7 nitrogen and oxygen atoms in total. The zero-order valence-corrected chi connectivity index (χ0v) is 13.2. The van der Waals surface area contributed by atoms with E-state index < -0.39 is 5.66 Å². The van der Waals surface area contributed by atoms with Gasteiger partial charge < -0.3 is 16.2 Å². The second kappa shape index (κ2) is 6.65. The summed E-state index contributed by atoms with van der Waals surface area (Å²) < 4.78 is 5.79. The van der Waals surface area contributed by atoms with Crippen molar-refractivity contribution in [2.45, 2.75) is 39.0 Å². The Kier molecular flexibility index (Phi) is 4.87. The van der Waals surface area contributed by atoms with Gasteiger partial charge in [-0.3, -0.25) is 4.84 Å². The van der Waals surface area contributed by atoms with Crippen LogP contribution in [0.2, 0.25) is 0 Å². The predicted octanol–water partition coefficient (Wildman–Crippen LogP) is 1.46. The topological polar surface area (TPSA) is 98.5 Å². The maximum Gasteiger partial charge on any atom is 0.226 e. The van der Waals surface area contributed by atoms with E-state index in [1.807, 2.05) is 51.1 Å². The Morgan fingerprint density at radius 2 is 1.91 bits per heavy atom. The van der Waals surface area contributed by atoms with Crippen LogP contribution in [-0.2, 0) is 4.84 Å². The molecule has 1 unspecified atom stereocenters. The number of hydrogen-bond donors (Lipinski definition) is 2. The van der Waals surface area contributed by atoms with Gasteiger partial charge in [0.05, 0.1) is 12.7 Å². The van der Waals surface area contributed by atoms with Gasteiger partial charge in [0.25, 0.3) is 0 Å². The monoisotopic (exact) mass is 305 g/mol. The normalized spacial score (nSPS) is 18.4. The summed E-state index contributed by atoms with van der Waals surface area (Å²) in [4.78, 5) is 13.8. The molecule has 0 fully saturated rings. The second-order valence-electron chi connectivity index (χ2n) is 5.59. The van der Waals surface area contributed by atoms with Crippen molar-refractivity contribution in [3.8, 4) is 5.75 Å². The minimum atomic E-state index is -0.681. The SMILES string of the molecule is CC(CCON1C(N)=NC(N)=NC1(C)C)Oc1ccccc1. The lowest BCUT2D eigenvalue weighted by molar-refractivity contribution is -0.160. The molecule has 0 spiro atoms. The van der Waals surface area contributed by atoms with Gasteiger partial charge in [0.1, 0.15) is 5.75 Å². The number of para-hydroxylation sites is 1. The first-order valence-electron chi connectivity index (χ1n) is 7.23. The summed E-state index contributed by atoms with van der Waals surface area (Å²) in [7, 11) is 0. The van der Waals surface area contributed by atoms with Crippen LogP contribution in [0.5, 0.6) is 5.75 Å². The molecule has 1 aliphatic heterocycles. The van der Waals surface area contributed by atoms with Crippen LogP contribution in [0.25, 0.3) is 0 Å². The lowest BCUT2D eigenvalue weighted by Gasteiger charge is -2.36. The molecule has 7 heteroatoms. The first-order valence-corrected chi connectivity index (χ1v) is 7.23. The Balaban J connectivity index is 1.82. The van der Waals surface area contributed by atoms with E-state index in [1.165, 1.54) is 5.06 Å². The molecule has 120 valence electrons. The number of rotatable bonds is 6. The first kappa shape index (κ1) is 16.1. The summed E-state index contributed by atoms with van der Waals surface area (Å²) in [6.07, 6.45) is 0.718. The molecule has 0 bridgehead atoms. The Morgan fingerprint density at radius 3 is 2.55 bits per heavy atom. The van der Waals surface area contributed by atoms with E-state index in [0.717, 1.165) is 5.75 Å². The van der Waals surface area contributed by atoms with Gasteiger partial charge in [0, 0.05) is 6.42 Å². The molecule has 1 aromatic rings. The highest BCUT2D eigenvalue weighted by molar-refractivity contribution is 5.95. The number of aliphatic imine (C=N–C) groups is 2. The maximum absolute atomic E-state index is 5.84. The molecule has 22 heavy (non-hydrogen) atoms. The molecule has 0 saturated heterocycles. The number of nitrogens with two attached hydrogens (primary N) is 2. The van der Waals surface area contributed by atoms with Gasteiger partial charge in [0.15, 0.2) is 5.66 Å². The Morgan fingerprint density at radius 1 is 1.23 bits per heavy atom. The summed E-state index contributed by atoms with van der Waals surface area (Å²) >= 11 is 0. The number of hydrogen-bond acceptors (Lipinski definition) is 7. The molecule has 2 rings (SSSR count). The Bertz CT molecular complexity index is 556. The van der Waals surface area contributed by atoms with Gasteiger partial charge in [-0.25, -0.2) is 4.99 Å². The van der Waals surface area contributed by atoms with Crippen LogP contribution in [0.1, 0.15) is 27.2 Å². The van der Waals surface area contributed by atoms with Crippen LogP contribution < -0.4 is 16.2 Å². The van der Waals surface area contributed by atoms with Crippen LogP contribution in [0, 0.1) is 0 Å². The summed E-state index contributed by atoms with van der Waals surface area (Å²) in [5, 5.41) is 1.47. The third-order valence-corrected chi connectivity index (χ3v) is 3.15. The van der Waals surface area contributed by atoms with E-state index in [1.54, 1.807) is 0 Å². The predicted molar refractivity (Wildman–Crippen MR) is 86.3 cm³/mol. The van der Waals surface area contributed by atoms with Crippen LogP contribution in [0.15, 0.2) is 40.3 Å². The highest BCUT2D eigenvalue weighted by Gasteiger charge is 2.33. The van der Waals surface area contributed by atoms with Gasteiger partial charge >= 0.3 is 0 Å². The van der Waals surface area contributed by atoms with Gasteiger partial charge in [-0.15, -0.1) is 0 Å². The number of ether oxygens (including phenoxy) is 1. The summed E-state index contributed by atoms with van der Waals surface area (Å²) in [5.41, 5.74) is 10.8. The summed E-state index contributed by atoms with van der Waals surface area (Å²) in [6, 6.07) is 9.68. The molecule has 1 aromatic carbocycles. The third-order valence-electron chi connectivity index (χ3n) is 3.15. The number of nitrogens with zero attached hydrogens (tertiary/aromatic N) is 3. The Hall–Kier alpha value is -2.28. The lowest BCUT2D eigenvalue weighted by Crippen LogP contribution is -2.53. The summed E-state index contributed by atoms with van der Waals surface area (Å²) in [6.45, 7) is 6.13. The van der Waals surface area contributed by atoms with E-state index in [0.29, 0.717) is 13.0 Å². The first-order chi connectivity index (χ1) is 10.4. The van der Waals surface area contributed by atoms with Crippen LogP contribution in [0.3, 0.4) is 0 Å². The molecule has 4 N–H and O–H groups in total. The molecule has 1 aliphatic rings. The molecule has 0 amide bonds. The average Bonchev–Trinajstić information content (AvgIpc) is 2.42. The van der Waals surface area contributed by atoms with Crippen molar-refractivity contribution in [3.05, 3.63) is 30.3 Å². The smallest absolute Gasteiger partial charge is 0.226 e. The minimum absolute atomic E-state index is 0.0158. The zero-order valence-electron chi connectivity index (χ0n) is 13.2. The quantitative estimate of drug-likeness (QED) is 0.829. The molecule has 1 heterocycles. The van der Waals surface area contributed by atoms with E-state index in [9.17, 15) is 0 Å². The number of benzene rings is 1. The van der Waals surface area contributed by atoms with Crippen molar-refractivity contribution < 1.29 is 9.57 Å². The zero-order chi connectivity index (χ0) is 16.2. The lowest BCUT2D eigenvalue weighted by atomic mass is 10.2. The molecular formula is C15H23N5O2. The average molecular weight is 305 g/mol. The summed E-state index contributed by atoms with van der Waals surface area (Å²) in [5.74, 6) is 1.20. The second-order valence-corrected chi connectivity index (χ2v) is 5.59.